The van der Waals surface area contributed by atoms with E-state index in [2.05, 4.69) is 124 Å². The van der Waals surface area contributed by atoms with E-state index in [0.29, 0.717) is 12.8 Å². The van der Waals surface area contributed by atoms with Crippen molar-refractivity contribution >= 4 is 17.9 Å². The fraction of sp³-hybridized carbons (Fsp3) is 0.582. The van der Waals surface area contributed by atoms with Crippen molar-refractivity contribution in [2.75, 3.05) is 13.2 Å². The smallest absolute Gasteiger partial charge is 0.306 e. The second-order valence-electron chi connectivity index (χ2n) is 15.2. The van der Waals surface area contributed by atoms with Crippen molar-refractivity contribution in [3.63, 3.8) is 0 Å². The molecular weight excluding hydrogens is 757 g/mol. The minimum absolute atomic E-state index is 0.144. The van der Waals surface area contributed by atoms with Crippen molar-refractivity contribution in [1.29, 1.82) is 0 Å². The Morgan fingerprint density at radius 3 is 1.07 bits per heavy atom. The van der Waals surface area contributed by atoms with Gasteiger partial charge in [-0.25, -0.2) is 0 Å². The highest BCUT2D eigenvalue weighted by Crippen LogP contribution is 2.11. The average molecular weight is 843 g/mol. The van der Waals surface area contributed by atoms with Gasteiger partial charge in [0.15, 0.2) is 6.10 Å². The van der Waals surface area contributed by atoms with Gasteiger partial charge < -0.3 is 14.2 Å². The maximum absolute atomic E-state index is 12.7. The molecule has 0 aromatic carbocycles. The van der Waals surface area contributed by atoms with Crippen LogP contribution in [0.5, 0.6) is 0 Å². The van der Waals surface area contributed by atoms with E-state index in [1.165, 1.54) is 38.5 Å². The van der Waals surface area contributed by atoms with Crippen molar-refractivity contribution in [3.05, 3.63) is 122 Å². The van der Waals surface area contributed by atoms with Crippen molar-refractivity contribution in [2.24, 2.45) is 0 Å². The molecule has 0 radical (unpaired) electrons. The molecule has 0 saturated heterocycles. The Morgan fingerprint density at radius 2 is 0.672 bits per heavy atom. The molecule has 0 amide bonds. The Bertz CT molecular complexity index is 1340. The van der Waals surface area contributed by atoms with Crippen molar-refractivity contribution in [1.82, 2.24) is 0 Å². The van der Waals surface area contributed by atoms with E-state index in [9.17, 15) is 14.4 Å². The van der Waals surface area contributed by atoms with E-state index in [1.807, 2.05) is 18.2 Å². The van der Waals surface area contributed by atoms with E-state index < -0.39 is 6.10 Å². The maximum Gasteiger partial charge on any atom is 0.306 e. The van der Waals surface area contributed by atoms with E-state index in [1.54, 1.807) is 0 Å². The van der Waals surface area contributed by atoms with Crippen LogP contribution in [0.3, 0.4) is 0 Å². The Balaban J connectivity index is 4.63. The summed E-state index contributed by atoms with van der Waals surface area (Å²) in [6, 6.07) is 0. The first-order valence-corrected chi connectivity index (χ1v) is 24.0. The van der Waals surface area contributed by atoms with Gasteiger partial charge in [0.25, 0.3) is 0 Å². The lowest BCUT2D eigenvalue weighted by Crippen LogP contribution is -2.30. The third kappa shape index (κ3) is 46.7. The number of esters is 3. The van der Waals surface area contributed by atoms with Crippen molar-refractivity contribution in [2.45, 2.75) is 194 Å². The van der Waals surface area contributed by atoms with Crippen LogP contribution in [0.4, 0.5) is 0 Å². The molecule has 6 heteroatoms. The largest absolute Gasteiger partial charge is 0.462 e. The Labute approximate surface area is 373 Å². The number of unbranched alkanes of at least 4 members (excludes halogenated alkanes) is 10. The number of carbonyl (C=O) groups is 3. The van der Waals surface area contributed by atoms with Gasteiger partial charge in [-0.05, 0) is 103 Å². The molecule has 0 aliphatic heterocycles. The molecule has 0 aliphatic carbocycles. The summed E-state index contributed by atoms with van der Waals surface area (Å²) in [6.07, 6.45) is 66.3. The molecular formula is C55H86O6. The molecule has 1 unspecified atom stereocenters. The van der Waals surface area contributed by atoms with Gasteiger partial charge in [-0.1, -0.05) is 187 Å². The second kappa shape index (κ2) is 48.5. The van der Waals surface area contributed by atoms with Crippen LogP contribution in [0.2, 0.25) is 0 Å². The molecule has 0 fully saturated rings. The van der Waals surface area contributed by atoms with Crippen LogP contribution < -0.4 is 0 Å². The number of hydrogen-bond donors (Lipinski definition) is 0. The number of carbonyl (C=O) groups excluding carboxylic acids is 3. The molecule has 0 aliphatic rings. The lowest BCUT2D eigenvalue weighted by Gasteiger charge is -2.18. The maximum atomic E-state index is 12.7. The molecule has 61 heavy (non-hydrogen) atoms. The van der Waals surface area contributed by atoms with Gasteiger partial charge in [0, 0.05) is 19.3 Å². The molecule has 0 bridgehead atoms. The third-order valence-electron chi connectivity index (χ3n) is 9.46. The second-order valence-corrected chi connectivity index (χ2v) is 15.2. The molecule has 1 atom stereocenters. The molecule has 0 N–H and O–H groups in total. The van der Waals surface area contributed by atoms with Crippen LogP contribution in [0.25, 0.3) is 0 Å². The number of ether oxygens (including phenoxy) is 3. The molecule has 0 saturated carbocycles. The summed E-state index contributed by atoms with van der Waals surface area (Å²) in [4.78, 5) is 37.8. The van der Waals surface area contributed by atoms with Gasteiger partial charge in [0.05, 0.1) is 0 Å². The van der Waals surface area contributed by atoms with Crippen molar-refractivity contribution in [3.8, 4) is 0 Å². The zero-order valence-electron chi connectivity index (χ0n) is 38.9. The Hall–Kier alpha value is -4.19. The van der Waals surface area contributed by atoms with E-state index in [4.69, 9.17) is 14.2 Å². The van der Waals surface area contributed by atoms with Crippen molar-refractivity contribution < 1.29 is 28.6 Å². The number of allylic oxidation sites excluding steroid dienone is 20. The molecule has 0 aromatic rings. The Kier molecular flexibility index (Phi) is 45.1. The molecule has 0 rings (SSSR count). The van der Waals surface area contributed by atoms with Crippen LogP contribution in [0.1, 0.15) is 188 Å². The number of rotatable bonds is 41. The summed E-state index contributed by atoms with van der Waals surface area (Å²) in [7, 11) is 0. The first-order chi connectivity index (χ1) is 30.0. The zero-order valence-corrected chi connectivity index (χ0v) is 38.9. The van der Waals surface area contributed by atoms with Gasteiger partial charge in [0.1, 0.15) is 13.2 Å². The molecule has 342 valence electrons. The summed E-state index contributed by atoms with van der Waals surface area (Å²) in [5.74, 6) is -1.12. The lowest BCUT2D eigenvalue weighted by atomic mass is 10.1. The normalized spacial score (nSPS) is 13.2. The summed E-state index contributed by atoms with van der Waals surface area (Å²) in [5, 5.41) is 0. The minimum atomic E-state index is -0.844. The molecule has 6 nitrogen and oxygen atoms in total. The van der Waals surface area contributed by atoms with Gasteiger partial charge >= 0.3 is 17.9 Å². The fourth-order valence-electron chi connectivity index (χ4n) is 5.91. The first kappa shape index (κ1) is 56.8. The predicted octanol–water partition coefficient (Wildman–Crippen LogP) is 15.7. The quantitative estimate of drug-likeness (QED) is 0.0264. The first-order valence-electron chi connectivity index (χ1n) is 24.0. The van der Waals surface area contributed by atoms with Crippen LogP contribution in [-0.4, -0.2) is 37.2 Å². The topological polar surface area (TPSA) is 78.9 Å². The van der Waals surface area contributed by atoms with Gasteiger partial charge in [-0.3, -0.25) is 14.4 Å². The summed E-state index contributed by atoms with van der Waals surface area (Å²) >= 11 is 0. The highest BCUT2D eigenvalue weighted by atomic mass is 16.6. The number of hydrogen-bond acceptors (Lipinski definition) is 6. The fourth-order valence-corrected chi connectivity index (χ4v) is 5.91. The Morgan fingerprint density at radius 1 is 0.344 bits per heavy atom. The minimum Gasteiger partial charge on any atom is -0.462 e. The van der Waals surface area contributed by atoms with Crippen LogP contribution in [0.15, 0.2) is 122 Å². The average Bonchev–Trinajstić information content (AvgIpc) is 3.26. The third-order valence-corrected chi connectivity index (χ3v) is 9.46. The highest BCUT2D eigenvalue weighted by Gasteiger charge is 2.19. The SMILES string of the molecule is CC/C=C\C/C=C\C/C=C\C/C=C\C/C=C\CCC(=O)OCC(COC(=O)CC/C=C\C/C=C\CCCCCCCC)OC(=O)CCCCCC/C=C\C/C=C\C/C=C\CC. The zero-order chi connectivity index (χ0) is 44.4. The van der Waals surface area contributed by atoms with Gasteiger partial charge in [-0.2, -0.15) is 0 Å². The summed E-state index contributed by atoms with van der Waals surface area (Å²) < 4.78 is 16.6. The van der Waals surface area contributed by atoms with E-state index >= 15 is 0 Å². The van der Waals surface area contributed by atoms with Crippen LogP contribution >= 0.6 is 0 Å². The monoisotopic (exact) mass is 843 g/mol. The highest BCUT2D eigenvalue weighted by molar-refractivity contribution is 5.71. The summed E-state index contributed by atoms with van der Waals surface area (Å²) in [6.45, 7) is 6.23. The van der Waals surface area contributed by atoms with Crippen LogP contribution in [0, 0.1) is 0 Å². The summed E-state index contributed by atoms with van der Waals surface area (Å²) in [5.41, 5.74) is 0. The molecule has 0 spiro atoms. The van der Waals surface area contributed by atoms with Crippen LogP contribution in [-0.2, 0) is 28.6 Å². The lowest BCUT2D eigenvalue weighted by molar-refractivity contribution is -0.166. The van der Waals surface area contributed by atoms with Gasteiger partial charge in [-0.15, -0.1) is 0 Å². The molecule has 0 heterocycles. The van der Waals surface area contributed by atoms with E-state index in [0.717, 1.165) is 96.3 Å². The predicted molar refractivity (Wildman–Crippen MR) is 260 cm³/mol. The van der Waals surface area contributed by atoms with E-state index in [-0.39, 0.29) is 50.4 Å². The molecule has 0 aromatic heterocycles. The van der Waals surface area contributed by atoms with Gasteiger partial charge in [0.2, 0.25) is 0 Å². The standard InChI is InChI=1S/C55H86O6/c1-4-7-10-13-16-19-22-25-27-28-31-33-36-39-42-45-48-54(57)60-51-52(50-59-53(56)47-44-41-38-35-32-29-24-21-18-15-12-9-6-3)61-55(58)49-46-43-40-37-34-30-26-23-20-17-14-11-8-5-2/h7-8,10-11,16-17,19-20,25-27,29-33,38-39,41-42,52H,4-6,9,12-15,18,21-24,28,34-37,40,43-51H2,1-3H3/b10-7-,11-8-,19-16-,20-17-,27-25-,30-26-,32-29-,33-31-,41-38-,42-39-.